The van der Waals surface area contributed by atoms with Gasteiger partial charge in [0.25, 0.3) is 0 Å². The first-order valence-electron chi connectivity index (χ1n) is 22.1. The molecule has 4 aliphatic rings. The molecule has 22 nitrogen and oxygen atoms in total. The summed E-state index contributed by atoms with van der Waals surface area (Å²) in [7, 11) is 0. The zero-order chi connectivity index (χ0) is 50.6. The summed E-state index contributed by atoms with van der Waals surface area (Å²) in [5.74, 6) is -2.04. The van der Waals surface area contributed by atoms with Crippen LogP contribution in [0.3, 0.4) is 0 Å². The standard InChI is InChI=1S/C46H68O22/c1-21(12-8-14-23(3)26(49)16-27-33(51)38(56)37(55)30(64-27)19-62-45-41(59)39(57)34(52)28(17-47)65-45)10-6-7-11-22(2)13-9-15-24(4)43(61)68-44-25(5)32(50)36(54)31(67-44)20-63-46-42(60)40(58)35(53)29(18-48)66-46/h6-15,25,27-42,44-48,50-60H,16-20H2,1-5H3/b7-6+,12-8+,13-9+,21-10-,22-11+,23-14+,24-15+/t25?,27-,28?,29?,30?,31?,32+,33?,34+,35+,36+,37+,38+,39-,40-,41?,42?,44-,45+,46+/m0/s1. The monoisotopic (exact) mass is 972 g/mol. The number of hydrogen-bond donors (Lipinski definition) is 13. The molecule has 68 heavy (non-hydrogen) atoms. The molecule has 4 rings (SSSR count). The quantitative estimate of drug-likeness (QED) is 0.0339. The van der Waals surface area contributed by atoms with E-state index in [9.17, 15) is 76.0 Å². The number of ketones is 1. The number of carbonyl (C=O) groups is 2. The number of ether oxygens (including phenoxy) is 7. The summed E-state index contributed by atoms with van der Waals surface area (Å²) in [5, 5.41) is 132. The zero-order valence-corrected chi connectivity index (χ0v) is 38.3. The molecule has 0 bridgehead atoms. The molecule has 0 amide bonds. The lowest BCUT2D eigenvalue weighted by Crippen LogP contribution is -2.61. The Morgan fingerprint density at radius 1 is 0.456 bits per heavy atom. The summed E-state index contributed by atoms with van der Waals surface area (Å²) in [6, 6.07) is 0. The van der Waals surface area contributed by atoms with Crippen molar-refractivity contribution in [3.8, 4) is 0 Å². The van der Waals surface area contributed by atoms with Crippen LogP contribution in [0.4, 0.5) is 0 Å². The highest BCUT2D eigenvalue weighted by atomic mass is 16.7. The Morgan fingerprint density at radius 2 is 0.853 bits per heavy atom. The topological polar surface area (TPSA) is 362 Å². The molecule has 4 saturated heterocycles. The van der Waals surface area contributed by atoms with Crippen LogP contribution >= 0.6 is 0 Å². The summed E-state index contributed by atoms with van der Waals surface area (Å²) in [4.78, 5) is 26.0. The molecule has 4 aliphatic heterocycles. The Hall–Kier alpha value is -3.44. The predicted molar refractivity (Wildman–Crippen MR) is 234 cm³/mol. The first kappa shape index (κ1) is 57.1. The minimum Gasteiger partial charge on any atom is -0.432 e. The average molecular weight is 973 g/mol. The van der Waals surface area contributed by atoms with Crippen molar-refractivity contribution < 1.29 is 109 Å². The molecule has 8 unspecified atom stereocenters. The number of allylic oxidation sites excluding steroid dienone is 13. The molecule has 0 aliphatic carbocycles. The van der Waals surface area contributed by atoms with Crippen molar-refractivity contribution in [2.45, 2.75) is 158 Å². The van der Waals surface area contributed by atoms with Crippen LogP contribution in [0, 0.1) is 5.92 Å². The van der Waals surface area contributed by atoms with E-state index >= 15 is 0 Å². The van der Waals surface area contributed by atoms with E-state index in [2.05, 4.69) is 0 Å². The molecule has 4 heterocycles. The molecule has 20 atom stereocenters. The molecule has 0 saturated carbocycles. The lowest BCUT2D eigenvalue weighted by Gasteiger charge is -2.43. The van der Waals surface area contributed by atoms with Crippen molar-refractivity contribution in [1.82, 2.24) is 0 Å². The zero-order valence-electron chi connectivity index (χ0n) is 38.3. The molecule has 0 spiro atoms. The highest BCUT2D eigenvalue weighted by Gasteiger charge is 2.49. The predicted octanol–water partition coefficient (Wildman–Crippen LogP) is -3.49. The van der Waals surface area contributed by atoms with Crippen LogP contribution < -0.4 is 0 Å². The normalized spacial score (nSPS) is 40.4. The van der Waals surface area contributed by atoms with Gasteiger partial charge in [0, 0.05) is 17.9 Å². The highest BCUT2D eigenvalue weighted by molar-refractivity contribution is 5.95. The second-order valence-electron chi connectivity index (χ2n) is 17.3. The fourth-order valence-electron chi connectivity index (χ4n) is 7.38. The van der Waals surface area contributed by atoms with Gasteiger partial charge in [-0.1, -0.05) is 78.8 Å². The highest BCUT2D eigenvalue weighted by Crippen LogP contribution is 2.30. The molecule has 0 radical (unpaired) electrons. The van der Waals surface area contributed by atoms with Crippen LogP contribution in [0.2, 0.25) is 0 Å². The lowest BCUT2D eigenvalue weighted by atomic mass is 9.91. The van der Waals surface area contributed by atoms with E-state index in [0.717, 1.165) is 11.1 Å². The maximum atomic E-state index is 13.0. The number of carbonyl (C=O) groups excluding carboxylic acids is 2. The van der Waals surface area contributed by atoms with Crippen molar-refractivity contribution >= 4 is 11.8 Å². The van der Waals surface area contributed by atoms with Gasteiger partial charge in [0.15, 0.2) is 18.4 Å². The molecular weight excluding hydrogens is 904 g/mol. The van der Waals surface area contributed by atoms with Gasteiger partial charge in [-0.05, 0) is 33.3 Å². The molecule has 384 valence electrons. The SMILES string of the molecule is CC(=C/C=C/C=C(C)/C=C/C=C(\C)C(=O)O[C@@H]1OC(CO[C@@H]2OC(CO)[C@@H](O)[C@H](O)C2O)[C@@H](O)[C@H](O)C1C)/C=C/C=C(\C)C(=O)C[C@@H]1OC(CO[C@@H]2OC(CO)[C@@H](O)[C@H](O)C2O)[C@@H](O)[C@H](O)C1O. The summed E-state index contributed by atoms with van der Waals surface area (Å²) < 4.78 is 38.4. The van der Waals surface area contributed by atoms with Crippen LogP contribution in [-0.2, 0) is 42.7 Å². The average Bonchev–Trinajstić information content (AvgIpc) is 3.31. The van der Waals surface area contributed by atoms with E-state index in [0.29, 0.717) is 5.57 Å². The van der Waals surface area contributed by atoms with Gasteiger partial charge in [-0.2, -0.15) is 0 Å². The Balaban J connectivity index is 1.23. The molecule has 0 aromatic carbocycles. The summed E-state index contributed by atoms with van der Waals surface area (Å²) in [5.41, 5.74) is 2.15. The van der Waals surface area contributed by atoms with Crippen LogP contribution in [0.5, 0.6) is 0 Å². The largest absolute Gasteiger partial charge is 0.432 e. The Morgan fingerprint density at radius 3 is 1.34 bits per heavy atom. The van der Waals surface area contributed by atoms with E-state index in [-0.39, 0.29) is 12.0 Å². The number of hydrogen-bond acceptors (Lipinski definition) is 22. The number of rotatable bonds is 19. The van der Waals surface area contributed by atoms with Gasteiger partial charge >= 0.3 is 5.97 Å². The lowest BCUT2D eigenvalue weighted by molar-refractivity contribution is -0.321. The van der Waals surface area contributed by atoms with Gasteiger partial charge in [0.1, 0.15) is 85.5 Å². The van der Waals surface area contributed by atoms with E-state index < -0.39 is 161 Å². The van der Waals surface area contributed by atoms with Crippen LogP contribution in [0.1, 0.15) is 41.0 Å². The van der Waals surface area contributed by atoms with Gasteiger partial charge in [-0.25, -0.2) is 4.79 Å². The van der Waals surface area contributed by atoms with Gasteiger partial charge in [-0.15, -0.1) is 0 Å². The Labute approximate surface area is 393 Å². The number of aliphatic hydroxyl groups excluding tert-OH is 13. The maximum absolute atomic E-state index is 13.0. The number of Topliss-reactive ketones (excluding diaryl/α,β-unsaturated/α-hetero) is 1. The van der Waals surface area contributed by atoms with Gasteiger partial charge in [0.2, 0.25) is 6.29 Å². The number of esters is 1. The van der Waals surface area contributed by atoms with Crippen molar-refractivity contribution in [3.63, 3.8) is 0 Å². The fraction of sp³-hybridized carbons (Fsp3) is 0.652. The van der Waals surface area contributed by atoms with E-state index in [4.69, 9.17) is 33.2 Å². The van der Waals surface area contributed by atoms with Crippen LogP contribution in [0.15, 0.2) is 83.1 Å². The van der Waals surface area contributed by atoms with E-state index in [1.807, 2.05) is 26.0 Å². The fourth-order valence-corrected chi connectivity index (χ4v) is 7.38. The Bertz CT molecular complexity index is 1730. The van der Waals surface area contributed by atoms with Crippen molar-refractivity contribution in [2.75, 3.05) is 26.4 Å². The molecule has 13 N–H and O–H groups in total. The van der Waals surface area contributed by atoms with Crippen molar-refractivity contribution in [3.05, 3.63) is 83.1 Å². The smallest absolute Gasteiger partial charge is 0.336 e. The third-order valence-corrected chi connectivity index (χ3v) is 12.0. The summed E-state index contributed by atoms with van der Waals surface area (Å²) >= 11 is 0. The molecule has 0 aromatic rings. The first-order chi connectivity index (χ1) is 32.1. The second-order valence-corrected chi connectivity index (χ2v) is 17.3. The third kappa shape index (κ3) is 15.0. The molecule has 22 heteroatoms. The van der Waals surface area contributed by atoms with Gasteiger partial charge < -0.3 is 99.5 Å². The minimum atomic E-state index is -1.72. The molecule has 0 aromatic heterocycles. The molecule has 4 fully saturated rings. The van der Waals surface area contributed by atoms with Gasteiger partial charge in [-0.3, -0.25) is 4.79 Å². The van der Waals surface area contributed by atoms with Gasteiger partial charge in [0.05, 0.1) is 38.6 Å². The summed E-state index contributed by atoms with van der Waals surface area (Å²) in [6.07, 6.45) is -11.8. The van der Waals surface area contributed by atoms with E-state index in [1.54, 1.807) is 49.5 Å². The number of aliphatic hydroxyl groups is 13. The molecular formula is C46H68O22. The first-order valence-corrected chi connectivity index (χ1v) is 22.1. The van der Waals surface area contributed by atoms with Crippen molar-refractivity contribution in [1.29, 1.82) is 0 Å². The van der Waals surface area contributed by atoms with E-state index in [1.165, 1.54) is 19.9 Å². The third-order valence-electron chi connectivity index (χ3n) is 12.0. The van der Waals surface area contributed by atoms with Crippen molar-refractivity contribution in [2.24, 2.45) is 5.92 Å². The Kier molecular flexibility index (Phi) is 22.4. The van der Waals surface area contributed by atoms with Crippen LogP contribution in [0.25, 0.3) is 0 Å². The maximum Gasteiger partial charge on any atom is 0.336 e. The minimum absolute atomic E-state index is 0.191. The second kappa shape index (κ2) is 26.7. The van der Waals surface area contributed by atoms with Crippen LogP contribution in [-0.4, -0.2) is 221 Å². The summed E-state index contributed by atoms with van der Waals surface area (Å²) in [6.45, 7) is 5.89.